The van der Waals surface area contributed by atoms with Gasteiger partial charge in [0.2, 0.25) is 0 Å². The maximum absolute atomic E-state index is 6.06. The highest BCUT2D eigenvalue weighted by Crippen LogP contribution is 2.22. The Labute approximate surface area is 154 Å². The van der Waals surface area contributed by atoms with E-state index in [0.29, 0.717) is 37.1 Å². The first-order valence-corrected chi connectivity index (χ1v) is 9.26. The third-order valence-electron chi connectivity index (χ3n) is 3.65. The molecule has 25 heavy (non-hydrogen) atoms. The van der Waals surface area contributed by atoms with E-state index in [1.807, 2.05) is 31.2 Å². The molecule has 0 spiro atoms. The van der Waals surface area contributed by atoms with Crippen LogP contribution in [0.2, 0.25) is 5.02 Å². The van der Waals surface area contributed by atoms with Crippen LogP contribution in [-0.2, 0) is 9.47 Å². The third kappa shape index (κ3) is 7.94. The van der Waals surface area contributed by atoms with Crippen LogP contribution in [0.5, 0.6) is 5.75 Å². The maximum Gasteiger partial charge on any atom is 0.191 e. The van der Waals surface area contributed by atoms with Crippen molar-refractivity contribution in [2.45, 2.75) is 25.9 Å². The zero-order chi connectivity index (χ0) is 17.7. The number of ether oxygens (including phenoxy) is 3. The van der Waals surface area contributed by atoms with Crippen LogP contribution in [0.3, 0.4) is 0 Å². The van der Waals surface area contributed by atoms with Crippen LogP contribution in [-0.4, -0.2) is 58.1 Å². The van der Waals surface area contributed by atoms with Crippen LogP contribution in [0, 0.1) is 0 Å². The molecule has 0 bridgehead atoms. The highest BCUT2D eigenvalue weighted by Gasteiger charge is 2.15. The Balaban J connectivity index is 1.60. The molecule has 1 atom stereocenters. The quantitative estimate of drug-likeness (QED) is 0.377. The molecule has 1 saturated heterocycles. The molecule has 0 saturated carbocycles. The predicted molar refractivity (Wildman–Crippen MR) is 101 cm³/mol. The van der Waals surface area contributed by atoms with Gasteiger partial charge in [0.25, 0.3) is 0 Å². The Hall–Kier alpha value is -1.50. The van der Waals surface area contributed by atoms with Gasteiger partial charge in [-0.2, -0.15) is 0 Å². The first-order valence-electron chi connectivity index (χ1n) is 8.88. The molecular formula is C18H28ClN3O3. The van der Waals surface area contributed by atoms with Crippen molar-refractivity contribution in [3.8, 4) is 5.75 Å². The number of aliphatic imine (C=N–C) groups is 1. The Kier molecular flexibility index (Phi) is 9.47. The average Bonchev–Trinajstić information content (AvgIpc) is 3.13. The molecule has 0 amide bonds. The zero-order valence-corrected chi connectivity index (χ0v) is 15.6. The first kappa shape index (κ1) is 19.8. The Morgan fingerprint density at radius 1 is 1.32 bits per heavy atom. The second-order valence-electron chi connectivity index (χ2n) is 5.68. The van der Waals surface area contributed by atoms with Crippen LogP contribution in [0.4, 0.5) is 0 Å². The Morgan fingerprint density at radius 3 is 2.96 bits per heavy atom. The molecule has 1 aromatic carbocycles. The zero-order valence-electron chi connectivity index (χ0n) is 14.8. The van der Waals surface area contributed by atoms with Gasteiger partial charge in [-0.25, -0.2) is 0 Å². The predicted octanol–water partition coefficient (Wildman–Crippen LogP) is 2.47. The van der Waals surface area contributed by atoms with Crippen LogP contribution >= 0.6 is 11.6 Å². The summed E-state index contributed by atoms with van der Waals surface area (Å²) < 4.78 is 16.7. The van der Waals surface area contributed by atoms with Crippen molar-refractivity contribution in [2.24, 2.45) is 4.99 Å². The van der Waals surface area contributed by atoms with E-state index in [-0.39, 0.29) is 6.10 Å². The normalized spacial score (nSPS) is 17.5. The van der Waals surface area contributed by atoms with Crippen molar-refractivity contribution in [2.75, 3.05) is 46.1 Å². The minimum atomic E-state index is 0.261. The monoisotopic (exact) mass is 369 g/mol. The van der Waals surface area contributed by atoms with Gasteiger partial charge in [0, 0.05) is 26.3 Å². The summed E-state index contributed by atoms with van der Waals surface area (Å²) in [4.78, 5) is 4.54. The van der Waals surface area contributed by atoms with Crippen molar-refractivity contribution >= 4 is 17.6 Å². The van der Waals surface area contributed by atoms with E-state index in [1.165, 1.54) is 0 Å². The lowest BCUT2D eigenvalue weighted by molar-refractivity contribution is 0.0424. The minimum Gasteiger partial charge on any atom is -0.490 e. The van der Waals surface area contributed by atoms with E-state index in [9.17, 15) is 0 Å². The number of guanidine groups is 1. The number of hydrogen-bond donors (Lipinski definition) is 2. The summed E-state index contributed by atoms with van der Waals surface area (Å²) in [6, 6.07) is 7.46. The van der Waals surface area contributed by atoms with Gasteiger partial charge in [-0.1, -0.05) is 23.7 Å². The van der Waals surface area contributed by atoms with Crippen molar-refractivity contribution in [1.82, 2.24) is 10.6 Å². The standard InChI is InChI=1S/C18H28ClN3O3/c1-2-20-18(21-9-5-11-24-15-8-12-23-14-15)22-10-13-25-17-7-4-3-6-16(17)19/h3-4,6-7,15H,2,5,8-14H2,1H3,(H2,20,21,22). The topological polar surface area (TPSA) is 64.1 Å². The molecule has 1 aliphatic rings. The van der Waals surface area contributed by atoms with Crippen molar-refractivity contribution in [1.29, 1.82) is 0 Å². The summed E-state index contributed by atoms with van der Waals surface area (Å²) in [6.07, 6.45) is 2.15. The number of rotatable bonds is 10. The molecule has 1 fully saturated rings. The van der Waals surface area contributed by atoms with E-state index in [2.05, 4.69) is 15.6 Å². The summed E-state index contributed by atoms with van der Waals surface area (Å²) in [5.74, 6) is 1.48. The molecule has 0 aromatic heterocycles. The van der Waals surface area contributed by atoms with Crippen molar-refractivity contribution in [3.63, 3.8) is 0 Å². The largest absolute Gasteiger partial charge is 0.490 e. The fourth-order valence-corrected chi connectivity index (χ4v) is 2.57. The molecule has 0 radical (unpaired) electrons. The Morgan fingerprint density at radius 2 is 2.20 bits per heavy atom. The molecule has 1 aliphatic heterocycles. The van der Waals surface area contributed by atoms with Gasteiger partial charge in [-0.3, -0.25) is 4.99 Å². The number of benzene rings is 1. The fraction of sp³-hybridized carbons (Fsp3) is 0.611. The summed E-state index contributed by atoms with van der Waals surface area (Å²) in [7, 11) is 0. The second kappa shape index (κ2) is 12.0. The molecule has 6 nitrogen and oxygen atoms in total. The van der Waals surface area contributed by atoms with Gasteiger partial charge in [-0.05, 0) is 31.9 Å². The van der Waals surface area contributed by atoms with E-state index >= 15 is 0 Å². The van der Waals surface area contributed by atoms with Crippen LogP contribution in [0.15, 0.2) is 29.3 Å². The SMILES string of the molecule is CCNC(=NCCCOC1CCOC1)NCCOc1ccccc1Cl. The summed E-state index contributed by atoms with van der Waals surface area (Å²) >= 11 is 6.06. The maximum atomic E-state index is 6.06. The average molecular weight is 370 g/mol. The number of halogens is 1. The first-order chi connectivity index (χ1) is 12.3. The number of nitrogens with one attached hydrogen (secondary N) is 2. The smallest absolute Gasteiger partial charge is 0.191 e. The lowest BCUT2D eigenvalue weighted by atomic mass is 10.3. The van der Waals surface area contributed by atoms with Crippen LogP contribution in [0.1, 0.15) is 19.8 Å². The van der Waals surface area contributed by atoms with Gasteiger partial charge >= 0.3 is 0 Å². The molecule has 2 rings (SSSR count). The molecule has 2 N–H and O–H groups in total. The lowest BCUT2D eigenvalue weighted by Crippen LogP contribution is -2.39. The fourth-order valence-electron chi connectivity index (χ4n) is 2.38. The van der Waals surface area contributed by atoms with E-state index in [4.69, 9.17) is 25.8 Å². The second-order valence-corrected chi connectivity index (χ2v) is 6.08. The molecular weight excluding hydrogens is 342 g/mol. The van der Waals surface area contributed by atoms with Crippen LogP contribution < -0.4 is 15.4 Å². The van der Waals surface area contributed by atoms with E-state index < -0.39 is 0 Å². The minimum absolute atomic E-state index is 0.261. The number of para-hydroxylation sites is 1. The van der Waals surface area contributed by atoms with Gasteiger partial charge in [-0.15, -0.1) is 0 Å². The Bertz CT molecular complexity index is 522. The number of nitrogens with zero attached hydrogens (tertiary/aromatic N) is 1. The summed E-state index contributed by atoms with van der Waals surface area (Å²) in [5, 5.41) is 7.09. The van der Waals surface area contributed by atoms with Gasteiger partial charge < -0.3 is 24.8 Å². The summed E-state index contributed by atoms with van der Waals surface area (Å²) in [6.45, 7) is 6.98. The highest BCUT2D eigenvalue weighted by molar-refractivity contribution is 6.32. The molecule has 140 valence electrons. The number of hydrogen-bond acceptors (Lipinski definition) is 4. The van der Waals surface area contributed by atoms with Gasteiger partial charge in [0.1, 0.15) is 12.4 Å². The molecule has 1 heterocycles. The lowest BCUT2D eigenvalue weighted by Gasteiger charge is -2.13. The molecule has 7 heteroatoms. The van der Waals surface area contributed by atoms with Crippen molar-refractivity contribution in [3.05, 3.63) is 29.3 Å². The highest BCUT2D eigenvalue weighted by atomic mass is 35.5. The van der Waals surface area contributed by atoms with E-state index in [0.717, 1.165) is 38.6 Å². The van der Waals surface area contributed by atoms with Crippen LogP contribution in [0.25, 0.3) is 0 Å². The van der Waals surface area contributed by atoms with E-state index in [1.54, 1.807) is 0 Å². The van der Waals surface area contributed by atoms with Gasteiger partial charge in [0.05, 0.1) is 24.3 Å². The molecule has 0 aliphatic carbocycles. The molecule has 1 aromatic rings. The summed E-state index contributed by atoms with van der Waals surface area (Å²) in [5.41, 5.74) is 0. The molecule has 1 unspecified atom stereocenters. The van der Waals surface area contributed by atoms with Gasteiger partial charge in [0.15, 0.2) is 5.96 Å². The van der Waals surface area contributed by atoms with Crippen molar-refractivity contribution < 1.29 is 14.2 Å². The third-order valence-corrected chi connectivity index (χ3v) is 3.96.